The molecule has 8 heteroatoms. The fraction of sp³-hybridized carbons (Fsp3) is 0.292. The van der Waals surface area contributed by atoms with Crippen LogP contribution in [0.15, 0.2) is 35.1 Å². The third-order valence-electron chi connectivity index (χ3n) is 6.07. The smallest absolute Gasteiger partial charge is 0.253 e. The summed E-state index contributed by atoms with van der Waals surface area (Å²) in [5.74, 6) is 0.335. The maximum Gasteiger partial charge on any atom is 0.253 e. The highest BCUT2D eigenvalue weighted by atomic mass is 16.5. The molecule has 0 saturated carbocycles. The molecule has 1 aliphatic heterocycles. The zero-order chi connectivity index (χ0) is 23.2. The van der Waals surface area contributed by atoms with Gasteiger partial charge in [0.1, 0.15) is 11.8 Å². The van der Waals surface area contributed by atoms with E-state index in [4.69, 9.17) is 4.74 Å². The molecule has 0 fully saturated rings. The van der Waals surface area contributed by atoms with Crippen molar-refractivity contribution in [2.24, 2.45) is 7.05 Å². The predicted molar refractivity (Wildman–Crippen MR) is 125 cm³/mol. The first-order valence-electron chi connectivity index (χ1n) is 10.3. The second-order valence-corrected chi connectivity index (χ2v) is 7.92. The molecule has 8 nitrogen and oxygen atoms in total. The molecule has 0 radical (unpaired) electrons. The molecule has 32 heavy (non-hydrogen) atoms. The lowest BCUT2D eigenvalue weighted by Gasteiger charge is -2.38. The Hall–Kier alpha value is -3.99. The van der Waals surface area contributed by atoms with Gasteiger partial charge < -0.3 is 24.4 Å². The Morgan fingerprint density at radius 1 is 1.09 bits per heavy atom. The van der Waals surface area contributed by atoms with E-state index >= 15 is 0 Å². The van der Waals surface area contributed by atoms with E-state index < -0.39 is 0 Å². The van der Waals surface area contributed by atoms with E-state index in [1.807, 2.05) is 25.2 Å². The van der Waals surface area contributed by atoms with Crippen LogP contribution in [0, 0.1) is 18.3 Å². The quantitative estimate of drug-likeness (QED) is 0.686. The first kappa shape index (κ1) is 21.2. The predicted octanol–water partition coefficient (Wildman–Crippen LogP) is 2.67. The van der Waals surface area contributed by atoms with Gasteiger partial charge in [-0.3, -0.25) is 9.59 Å². The number of carbonyl (C=O) groups is 1. The van der Waals surface area contributed by atoms with Crippen LogP contribution in [0.4, 0.5) is 17.1 Å². The van der Waals surface area contributed by atoms with Gasteiger partial charge in [-0.1, -0.05) is 0 Å². The van der Waals surface area contributed by atoms with Crippen molar-refractivity contribution in [1.82, 2.24) is 9.88 Å². The van der Waals surface area contributed by atoms with E-state index in [1.54, 1.807) is 44.8 Å². The lowest BCUT2D eigenvalue weighted by molar-refractivity contribution is 0.0963. The van der Waals surface area contributed by atoms with Crippen LogP contribution in [-0.4, -0.2) is 44.8 Å². The summed E-state index contributed by atoms with van der Waals surface area (Å²) < 4.78 is 7.17. The van der Waals surface area contributed by atoms with Crippen molar-refractivity contribution < 1.29 is 9.53 Å². The number of aryl methyl sites for hydroxylation is 2. The Balaban J connectivity index is 2.03. The maximum atomic E-state index is 12.6. The zero-order valence-electron chi connectivity index (χ0n) is 18.8. The minimum absolute atomic E-state index is 0.0579. The summed E-state index contributed by atoms with van der Waals surface area (Å²) in [5, 5.41) is 13.2. The van der Waals surface area contributed by atoms with Crippen LogP contribution < -0.4 is 25.4 Å². The Labute approximate surface area is 186 Å². The number of hydrogen-bond donors (Lipinski definition) is 1. The number of nitrogens with one attached hydrogen (secondary N) is 1. The average molecular weight is 431 g/mol. The molecule has 0 unspecified atom stereocenters. The van der Waals surface area contributed by atoms with Crippen LogP contribution >= 0.6 is 0 Å². The van der Waals surface area contributed by atoms with Gasteiger partial charge in [0.2, 0.25) is 0 Å². The SMILES string of the molecule is CNC(=O)c1cc2c(cc1C#N)N(c1cc(OC)cc3c1cc(C)c(=O)n3C)CCN2C. The summed E-state index contributed by atoms with van der Waals surface area (Å²) in [4.78, 5) is 29.1. The molecule has 1 amide bonds. The summed E-state index contributed by atoms with van der Waals surface area (Å²) in [7, 11) is 6.86. The molecule has 0 spiro atoms. The molecule has 0 saturated heterocycles. The molecule has 2 heterocycles. The summed E-state index contributed by atoms with van der Waals surface area (Å²) in [6.07, 6.45) is 0. The molecule has 1 aromatic heterocycles. The van der Waals surface area contributed by atoms with Gasteiger partial charge in [0, 0.05) is 57.3 Å². The van der Waals surface area contributed by atoms with E-state index in [1.165, 1.54) is 0 Å². The van der Waals surface area contributed by atoms with Gasteiger partial charge in [-0.25, -0.2) is 0 Å². The van der Waals surface area contributed by atoms with Crippen LogP contribution in [0.25, 0.3) is 10.9 Å². The topological polar surface area (TPSA) is 90.6 Å². The van der Waals surface area contributed by atoms with Gasteiger partial charge in [-0.2, -0.15) is 5.26 Å². The zero-order valence-corrected chi connectivity index (χ0v) is 18.8. The van der Waals surface area contributed by atoms with Gasteiger partial charge in [0.25, 0.3) is 11.5 Å². The number of rotatable bonds is 3. The Morgan fingerprint density at radius 2 is 1.84 bits per heavy atom. The molecular weight excluding hydrogens is 406 g/mol. The Kier molecular flexibility index (Phi) is 5.26. The molecule has 4 rings (SSSR count). The number of nitriles is 1. The summed E-state index contributed by atoms with van der Waals surface area (Å²) in [6, 6.07) is 11.4. The van der Waals surface area contributed by atoms with Gasteiger partial charge in [-0.05, 0) is 25.1 Å². The van der Waals surface area contributed by atoms with Crippen molar-refractivity contribution in [1.29, 1.82) is 5.26 Å². The second kappa shape index (κ2) is 7.93. The number of methoxy groups -OCH3 is 1. The van der Waals surface area contributed by atoms with Gasteiger partial charge in [0.15, 0.2) is 0 Å². The van der Waals surface area contributed by atoms with Gasteiger partial charge >= 0.3 is 0 Å². The number of anilines is 3. The maximum absolute atomic E-state index is 12.6. The van der Waals surface area contributed by atoms with E-state index in [0.29, 0.717) is 29.0 Å². The van der Waals surface area contributed by atoms with Crippen molar-refractivity contribution in [3.8, 4) is 11.8 Å². The minimum Gasteiger partial charge on any atom is -0.497 e. The molecule has 2 aromatic carbocycles. The number of aromatic nitrogens is 1. The number of carbonyl (C=O) groups excluding carboxylic acids is 1. The van der Waals surface area contributed by atoms with Crippen molar-refractivity contribution in [3.05, 3.63) is 57.4 Å². The Morgan fingerprint density at radius 3 is 2.50 bits per heavy atom. The Bertz CT molecular complexity index is 1350. The highest BCUT2D eigenvalue weighted by Gasteiger charge is 2.27. The standard InChI is InChI=1S/C24H25N5O3/c1-14-8-18-19(28(4)24(14)31)10-16(32-5)11-20(18)29-7-6-27(3)21-12-17(23(30)26-2)15(13-25)9-22(21)29/h8-12H,6-7H2,1-5H3,(H,26,30). The number of amides is 1. The van der Waals surface area contributed by atoms with E-state index in [9.17, 15) is 14.9 Å². The van der Waals surface area contributed by atoms with E-state index in [2.05, 4.69) is 21.2 Å². The van der Waals surface area contributed by atoms with Crippen molar-refractivity contribution >= 4 is 33.9 Å². The second-order valence-electron chi connectivity index (χ2n) is 7.92. The van der Waals surface area contributed by atoms with Gasteiger partial charge in [-0.15, -0.1) is 0 Å². The first-order chi connectivity index (χ1) is 15.3. The van der Waals surface area contributed by atoms with Gasteiger partial charge in [0.05, 0.1) is 40.8 Å². The summed E-state index contributed by atoms with van der Waals surface area (Å²) in [5.41, 5.74) is 4.55. The van der Waals surface area contributed by atoms with Crippen LogP contribution in [0.1, 0.15) is 21.5 Å². The van der Waals surface area contributed by atoms with E-state index in [0.717, 1.165) is 34.5 Å². The lowest BCUT2D eigenvalue weighted by atomic mass is 10.0. The number of fused-ring (bicyclic) bond motifs is 2. The largest absolute Gasteiger partial charge is 0.497 e. The fourth-order valence-corrected chi connectivity index (χ4v) is 4.27. The highest BCUT2D eigenvalue weighted by Crippen LogP contribution is 2.42. The molecule has 0 bridgehead atoms. The number of hydrogen-bond acceptors (Lipinski definition) is 6. The average Bonchev–Trinajstić information content (AvgIpc) is 2.81. The molecule has 0 aliphatic carbocycles. The normalized spacial score (nSPS) is 13.0. The van der Waals surface area contributed by atoms with Crippen molar-refractivity contribution in [2.45, 2.75) is 6.92 Å². The van der Waals surface area contributed by atoms with Crippen LogP contribution in [-0.2, 0) is 7.05 Å². The first-order valence-corrected chi connectivity index (χ1v) is 10.3. The number of likely N-dealkylation sites (N-methyl/N-ethyl adjacent to an activating group) is 1. The molecule has 164 valence electrons. The summed E-state index contributed by atoms with van der Waals surface area (Å²) in [6.45, 7) is 3.19. The van der Waals surface area contributed by atoms with Crippen molar-refractivity contribution in [3.63, 3.8) is 0 Å². The van der Waals surface area contributed by atoms with Crippen LogP contribution in [0.5, 0.6) is 5.75 Å². The summed E-state index contributed by atoms with van der Waals surface area (Å²) >= 11 is 0. The molecule has 3 aromatic rings. The van der Waals surface area contributed by atoms with E-state index in [-0.39, 0.29) is 11.5 Å². The number of benzene rings is 2. The van der Waals surface area contributed by atoms with Crippen LogP contribution in [0.2, 0.25) is 0 Å². The third-order valence-corrected chi connectivity index (χ3v) is 6.07. The number of pyridine rings is 1. The number of ether oxygens (including phenoxy) is 1. The van der Waals surface area contributed by atoms with Crippen LogP contribution in [0.3, 0.4) is 0 Å². The molecule has 0 atom stereocenters. The van der Waals surface area contributed by atoms with Crippen molar-refractivity contribution in [2.75, 3.05) is 44.1 Å². The minimum atomic E-state index is -0.299. The molecular formula is C24H25N5O3. The molecule has 1 aliphatic rings. The third kappa shape index (κ3) is 3.23. The molecule has 1 N–H and O–H groups in total. The fourth-order valence-electron chi connectivity index (χ4n) is 4.27. The lowest BCUT2D eigenvalue weighted by Crippen LogP contribution is -2.37. The highest BCUT2D eigenvalue weighted by molar-refractivity contribution is 6.02. The monoisotopic (exact) mass is 431 g/mol. The number of nitrogens with zero attached hydrogens (tertiary/aromatic N) is 4.